The summed E-state index contributed by atoms with van der Waals surface area (Å²) in [5.74, 6) is -0.503. The Bertz CT molecular complexity index is 725. The summed E-state index contributed by atoms with van der Waals surface area (Å²) in [6.07, 6.45) is -0.724. The van der Waals surface area contributed by atoms with E-state index in [2.05, 4.69) is 55.8 Å². The van der Waals surface area contributed by atoms with Gasteiger partial charge in [-0.3, -0.25) is 4.79 Å². The molecule has 0 fully saturated rings. The zero-order chi connectivity index (χ0) is 21.6. The molecule has 0 saturated carbocycles. The Morgan fingerprint density at radius 2 is 1.57 bits per heavy atom. The largest absolute Gasteiger partial charge is 0.495 e. The summed E-state index contributed by atoms with van der Waals surface area (Å²) < 4.78 is 16.9. The highest BCUT2D eigenvalue weighted by atomic mass is 127. The fraction of sp³-hybridized carbons (Fsp3) is 0.500. The van der Waals surface area contributed by atoms with Gasteiger partial charge in [0.1, 0.15) is 17.4 Å². The molecule has 2 atom stereocenters. The molecule has 0 saturated heterocycles. The van der Waals surface area contributed by atoms with Crippen LogP contribution in [0.3, 0.4) is 0 Å². The lowest BCUT2D eigenvalue weighted by molar-refractivity contribution is -0.145. The smallest absolute Gasteiger partial charge is 0.408 e. The van der Waals surface area contributed by atoms with Gasteiger partial charge in [0, 0.05) is 0 Å². The minimum atomic E-state index is -1.03. The first-order chi connectivity index (χ1) is 12.9. The number of hydrogen-bond acceptors (Lipinski definition) is 6. The molecule has 28 heavy (non-hydrogen) atoms. The molecule has 156 valence electrons. The Morgan fingerprint density at radius 1 is 1.04 bits per heavy atom. The third-order valence-electron chi connectivity index (χ3n) is 3.41. The van der Waals surface area contributed by atoms with E-state index >= 15 is 0 Å². The quantitative estimate of drug-likeness (QED) is 0.376. The van der Waals surface area contributed by atoms with Crippen LogP contribution in [0.15, 0.2) is 12.1 Å². The molecular formula is C18H24I2N2O6. The summed E-state index contributed by atoms with van der Waals surface area (Å²) >= 11 is 4.18. The van der Waals surface area contributed by atoms with Crippen LogP contribution in [-0.2, 0) is 19.1 Å². The molecule has 0 aromatic heterocycles. The molecule has 0 unspecified atom stereocenters. The first-order valence-electron chi connectivity index (χ1n) is 8.30. The van der Waals surface area contributed by atoms with Crippen molar-refractivity contribution in [2.24, 2.45) is 0 Å². The summed E-state index contributed by atoms with van der Waals surface area (Å²) in [6.45, 7) is 6.65. The maximum Gasteiger partial charge on any atom is 0.408 e. The molecule has 0 aliphatic heterocycles. The number of amides is 2. The minimum absolute atomic E-state index is 0.541. The van der Waals surface area contributed by atoms with Crippen LogP contribution >= 0.6 is 45.2 Å². The molecule has 1 rings (SSSR count). The van der Waals surface area contributed by atoms with E-state index in [1.807, 2.05) is 0 Å². The molecule has 8 nitrogen and oxygen atoms in total. The lowest BCUT2D eigenvalue weighted by atomic mass is 10.1. The van der Waals surface area contributed by atoms with Gasteiger partial charge in [-0.15, -0.1) is 0 Å². The fourth-order valence-corrected chi connectivity index (χ4v) is 4.41. The number of methoxy groups -OCH3 is 2. The second-order valence-corrected chi connectivity index (χ2v) is 9.17. The fourth-order valence-electron chi connectivity index (χ4n) is 2.15. The number of ether oxygens (including phenoxy) is 3. The molecule has 10 heteroatoms. The van der Waals surface area contributed by atoms with E-state index in [0.29, 0.717) is 11.3 Å². The van der Waals surface area contributed by atoms with Crippen molar-refractivity contribution in [2.75, 3.05) is 14.2 Å². The second kappa shape index (κ2) is 10.5. The molecule has 1 aromatic rings. The molecule has 0 aliphatic carbocycles. The summed E-state index contributed by atoms with van der Waals surface area (Å²) in [4.78, 5) is 36.7. The van der Waals surface area contributed by atoms with Gasteiger partial charge < -0.3 is 24.8 Å². The molecule has 0 spiro atoms. The SMILES string of the molecule is COC(=O)[C@@H](NC(=O)[C@@H](C)NC(=O)OC(C)(C)C)c1cc(I)c(OC)c(I)c1. The van der Waals surface area contributed by atoms with Gasteiger partial charge in [-0.25, -0.2) is 9.59 Å². The van der Waals surface area contributed by atoms with E-state index in [-0.39, 0.29) is 0 Å². The second-order valence-electron chi connectivity index (χ2n) is 6.85. The highest BCUT2D eigenvalue weighted by Gasteiger charge is 2.28. The van der Waals surface area contributed by atoms with Crippen LogP contribution in [0.1, 0.15) is 39.3 Å². The van der Waals surface area contributed by atoms with Crippen molar-refractivity contribution in [3.63, 3.8) is 0 Å². The number of nitrogens with one attached hydrogen (secondary N) is 2. The molecule has 1 aromatic carbocycles. The maximum absolute atomic E-state index is 12.5. The number of benzene rings is 1. The highest BCUT2D eigenvalue weighted by molar-refractivity contribution is 14.1. The summed E-state index contributed by atoms with van der Waals surface area (Å²) in [5.41, 5.74) is -0.148. The van der Waals surface area contributed by atoms with Crippen molar-refractivity contribution >= 4 is 63.2 Å². The zero-order valence-electron chi connectivity index (χ0n) is 16.5. The third-order valence-corrected chi connectivity index (χ3v) is 5.01. The van der Waals surface area contributed by atoms with Crippen molar-refractivity contribution in [1.29, 1.82) is 0 Å². The standard InChI is InChI=1S/C18H24I2N2O6/c1-9(21-17(25)28-18(2,3)4)15(23)22-13(16(24)27-6)10-7-11(19)14(26-5)12(20)8-10/h7-9,13H,1-6H3,(H,21,25)(H,22,23)/t9-,13+/m1/s1. The van der Waals surface area contributed by atoms with Crippen molar-refractivity contribution in [2.45, 2.75) is 45.4 Å². The van der Waals surface area contributed by atoms with Crippen molar-refractivity contribution in [3.05, 3.63) is 24.8 Å². The van der Waals surface area contributed by atoms with Gasteiger partial charge in [-0.05, 0) is 90.6 Å². The molecule has 0 radical (unpaired) electrons. The highest BCUT2D eigenvalue weighted by Crippen LogP contribution is 2.31. The van der Waals surface area contributed by atoms with Crippen molar-refractivity contribution in [3.8, 4) is 5.75 Å². The van der Waals surface area contributed by atoms with E-state index in [9.17, 15) is 14.4 Å². The van der Waals surface area contributed by atoms with Gasteiger partial charge in [-0.1, -0.05) is 0 Å². The lowest BCUT2D eigenvalue weighted by Crippen LogP contribution is -2.48. The summed E-state index contributed by atoms with van der Waals surface area (Å²) in [7, 11) is 2.80. The van der Waals surface area contributed by atoms with Gasteiger partial charge in [0.2, 0.25) is 5.91 Å². The topological polar surface area (TPSA) is 103 Å². The van der Waals surface area contributed by atoms with Crippen LogP contribution in [0.5, 0.6) is 5.75 Å². The zero-order valence-corrected chi connectivity index (χ0v) is 20.8. The number of alkyl carbamates (subject to hydrolysis) is 1. The average Bonchev–Trinajstić information content (AvgIpc) is 2.56. The number of carbonyl (C=O) groups excluding carboxylic acids is 3. The molecule has 2 N–H and O–H groups in total. The molecule has 2 amide bonds. The Labute approximate surface area is 191 Å². The van der Waals surface area contributed by atoms with Gasteiger partial charge in [0.15, 0.2) is 6.04 Å². The van der Waals surface area contributed by atoms with Crippen LogP contribution in [0, 0.1) is 7.14 Å². The van der Waals surface area contributed by atoms with Gasteiger partial charge in [0.25, 0.3) is 0 Å². The molecule has 0 aliphatic rings. The van der Waals surface area contributed by atoms with E-state index in [1.54, 1.807) is 40.0 Å². The van der Waals surface area contributed by atoms with Crippen LogP contribution < -0.4 is 15.4 Å². The van der Waals surface area contributed by atoms with Crippen molar-refractivity contribution in [1.82, 2.24) is 10.6 Å². The molecule has 0 heterocycles. The maximum atomic E-state index is 12.5. The molecule has 0 bridgehead atoms. The van der Waals surface area contributed by atoms with Crippen LogP contribution in [-0.4, -0.2) is 43.8 Å². The average molecular weight is 618 g/mol. The van der Waals surface area contributed by atoms with Crippen LogP contribution in [0.2, 0.25) is 0 Å². The van der Waals surface area contributed by atoms with Gasteiger partial charge >= 0.3 is 12.1 Å². The monoisotopic (exact) mass is 618 g/mol. The number of esters is 1. The normalized spacial score (nSPS) is 13.1. The summed E-state index contributed by atoms with van der Waals surface area (Å²) in [5, 5.41) is 5.06. The van der Waals surface area contributed by atoms with E-state index < -0.39 is 35.7 Å². The Hall–Kier alpha value is -1.31. The summed E-state index contributed by atoms with van der Waals surface area (Å²) in [6, 6.07) is 1.51. The molecular weight excluding hydrogens is 594 g/mol. The van der Waals surface area contributed by atoms with E-state index in [4.69, 9.17) is 14.2 Å². The van der Waals surface area contributed by atoms with Crippen LogP contribution in [0.4, 0.5) is 4.79 Å². The number of halogens is 2. The lowest BCUT2D eigenvalue weighted by Gasteiger charge is -2.23. The first-order valence-corrected chi connectivity index (χ1v) is 10.5. The van der Waals surface area contributed by atoms with E-state index in [1.165, 1.54) is 14.0 Å². The number of carbonyl (C=O) groups is 3. The van der Waals surface area contributed by atoms with Gasteiger partial charge in [-0.2, -0.15) is 0 Å². The van der Waals surface area contributed by atoms with Crippen LogP contribution in [0.25, 0.3) is 0 Å². The third kappa shape index (κ3) is 7.26. The number of hydrogen-bond donors (Lipinski definition) is 2. The Balaban J connectivity index is 3.00. The number of rotatable bonds is 6. The predicted octanol–water partition coefficient (Wildman–Crippen LogP) is 3.15. The van der Waals surface area contributed by atoms with Gasteiger partial charge in [0.05, 0.1) is 21.4 Å². The predicted molar refractivity (Wildman–Crippen MR) is 120 cm³/mol. The minimum Gasteiger partial charge on any atom is -0.495 e. The Kier molecular flexibility index (Phi) is 9.24. The Morgan fingerprint density at radius 3 is 2.00 bits per heavy atom. The van der Waals surface area contributed by atoms with E-state index in [0.717, 1.165) is 7.14 Å². The van der Waals surface area contributed by atoms with Crippen molar-refractivity contribution < 1.29 is 28.6 Å². The first kappa shape index (κ1) is 24.7.